The average Bonchev–Trinajstić information content (AvgIpc) is 3.17. The molecule has 0 saturated carbocycles. The fraction of sp³-hybridized carbons (Fsp3) is 0.688. The van der Waals surface area contributed by atoms with E-state index in [0.717, 1.165) is 12.8 Å². The summed E-state index contributed by atoms with van der Waals surface area (Å²) in [6.07, 6.45) is 20.0. The van der Waals surface area contributed by atoms with E-state index in [1.807, 2.05) is 38.2 Å². The van der Waals surface area contributed by atoms with Gasteiger partial charge in [0.15, 0.2) is 14.1 Å². The molecule has 1 N–H and O–H groups in total. The maximum absolute atomic E-state index is 12.9. The second kappa shape index (κ2) is 16.5. The summed E-state index contributed by atoms with van der Waals surface area (Å²) in [7, 11) is -2.01. The van der Waals surface area contributed by atoms with Crippen molar-refractivity contribution >= 4 is 20.1 Å². The van der Waals surface area contributed by atoms with E-state index in [1.54, 1.807) is 6.92 Å². The number of allylic oxidation sites excluding steroid dienone is 5. The molecule has 0 radical (unpaired) electrons. The van der Waals surface area contributed by atoms with Gasteiger partial charge in [0.2, 0.25) is 0 Å². The molecule has 0 amide bonds. The highest BCUT2D eigenvalue weighted by molar-refractivity contribution is 6.74. The zero-order valence-electron chi connectivity index (χ0n) is 25.9. The third kappa shape index (κ3) is 13.4. The quantitative estimate of drug-likeness (QED) is 0.143. The van der Waals surface area contributed by atoms with Crippen molar-refractivity contribution in [1.82, 2.24) is 0 Å². The summed E-state index contributed by atoms with van der Waals surface area (Å²) >= 11 is 0. The molecule has 4 atom stereocenters. The summed E-state index contributed by atoms with van der Waals surface area (Å²) < 4.78 is 19.0. The van der Waals surface area contributed by atoms with Crippen LogP contribution in [0.15, 0.2) is 48.6 Å². The summed E-state index contributed by atoms with van der Waals surface area (Å²) in [6, 6.07) is 0. The molecule has 1 rings (SSSR count). The van der Waals surface area contributed by atoms with E-state index in [9.17, 15) is 9.59 Å². The van der Waals surface area contributed by atoms with Crippen molar-refractivity contribution in [3.63, 3.8) is 0 Å². The zero-order chi connectivity index (χ0) is 29.7. The molecule has 0 aromatic carbocycles. The van der Waals surface area contributed by atoms with Gasteiger partial charge in [-0.1, -0.05) is 76.3 Å². The van der Waals surface area contributed by atoms with Crippen LogP contribution in [0.3, 0.4) is 0 Å². The Kier molecular flexibility index (Phi) is 14.9. The highest BCUT2D eigenvalue weighted by Crippen LogP contribution is 2.38. The molecule has 1 aliphatic heterocycles. The Morgan fingerprint density at radius 3 is 2.23 bits per heavy atom. The number of carboxylic acid groups (broad SMARTS) is 1. The number of ketones is 1. The van der Waals surface area contributed by atoms with E-state index in [0.29, 0.717) is 25.9 Å². The van der Waals surface area contributed by atoms with Crippen molar-refractivity contribution in [2.45, 2.75) is 123 Å². The van der Waals surface area contributed by atoms with Gasteiger partial charge < -0.3 is 19.0 Å². The van der Waals surface area contributed by atoms with Crippen LogP contribution in [0.1, 0.15) is 87.0 Å². The van der Waals surface area contributed by atoms with Gasteiger partial charge >= 0.3 is 5.97 Å². The number of hydrogen-bond acceptors (Lipinski definition) is 5. The van der Waals surface area contributed by atoms with Crippen molar-refractivity contribution in [2.24, 2.45) is 11.8 Å². The third-order valence-electron chi connectivity index (χ3n) is 7.54. The minimum atomic E-state index is -2.01. The van der Waals surface area contributed by atoms with Gasteiger partial charge in [-0.15, -0.1) is 0 Å². The first-order valence-corrected chi connectivity index (χ1v) is 17.4. The lowest BCUT2D eigenvalue weighted by Gasteiger charge is -2.38. The SMILES string of the molecule is CC/C=C\CC(/C=C/[C@@H]([C@H](C/C=C\C/C=C\CCC(=O)O)C(C)=O)[C@H]1COC(C)(C)O1)O[Si](C)(C)C(C)(C)C. The fourth-order valence-electron chi connectivity index (χ4n) is 4.23. The molecule has 1 heterocycles. The Bertz CT molecular complexity index is 878. The molecule has 1 saturated heterocycles. The molecule has 6 nitrogen and oxygen atoms in total. The summed E-state index contributed by atoms with van der Waals surface area (Å²) in [5.41, 5.74) is 0. The monoisotopic (exact) mass is 562 g/mol. The van der Waals surface area contributed by atoms with Crippen LogP contribution in [-0.2, 0) is 23.5 Å². The highest BCUT2D eigenvalue weighted by atomic mass is 28.4. The normalized spacial score (nSPS) is 20.9. The van der Waals surface area contributed by atoms with E-state index < -0.39 is 20.1 Å². The van der Waals surface area contributed by atoms with Crippen LogP contribution in [0.2, 0.25) is 18.1 Å². The Morgan fingerprint density at radius 2 is 1.69 bits per heavy atom. The maximum Gasteiger partial charge on any atom is 0.303 e. The number of hydrogen-bond donors (Lipinski definition) is 1. The van der Waals surface area contributed by atoms with Gasteiger partial charge in [-0.25, -0.2) is 0 Å². The predicted octanol–water partition coefficient (Wildman–Crippen LogP) is 8.02. The minimum Gasteiger partial charge on any atom is -0.481 e. The number of carboxylic acids is 1. The lowest BCUT2D eigenvalue weighted by atomic mass is 9.82. The molecule has 0 aromatic heterocycles. The summed E-state index contributed by atoms with van der Waals surface area (Å²) in [5, 5.41) is 8.84. The van der Waals surface area contributed by atoms with E-state index >= 15 is 0 Å². The van der Waals surface area contributed by atoms with Crippen molar-refractivity contribution in [3.8, 4) is 0 Å². The average molecular weight is 563 g/mol. The van der Waals surface area contributed by atoms with Crippen molar-refractivity contribution < 1.29 is 28.6 Å². The van der Waals surface area contributed by atoms with Gasteiger partial charge in [-0.2, -0.15) is 0 Å². The summed E-state index contributed by atoms with van der Waals surface area (Å²) in [5.74, 6) is -1.77. The molecule has 0 spiro atoms. The van der Waals surface area contributed by atoms with Crippen LogP contribution in [0.4, 0.5) is 0 Å². The number of carbonyl (C=O) groups excluding carboxylic acids is 1. The van der Waals surface area contributed by atoms with Crippen LogP contribution in [0.25, 0.3) is 0 Å². The van der Waals surface area contributed by atoms with E-state index in [-0.39, 0.29) is 41.3 Å². The lowest BCUT2D eigenvalue weighted by molar-refractivity contribution is -0.147. The molecule has 1 fully saturated rings. The molecule has 222 valence electrons. The molecule has 1 unspecified atom stereocenters. The summed E-state index contributed by atoms with van der Waals surface area (Å²) in [4.78, 5) is 23.6. The van der Waals surface area contributed by atoms with Crippen LogP contribution in [-0.4, -0.2) is 49.8 Å². The molecule has 0 aromatic rings. The molecule has 39 heavy (non-hydrogen) atoms. The number of Topliss-reactive ketones (excluding diaryl/α,β-unsaturated/α-hetero) is 1. The van der Waals surface area contributed by atoms with Gasteiger partial charge in [-0.05, 0) is 71.0 Å². The lowest BCUT2D eigenvalue weighted by Crippen LogP contribution is -2.43. The Labute approximate surface area is 238 Å². The largest absolute Gasteiger partial charge is 0.481 e. The number of rotatable bonds is 17. The summed E-state index contributed by atoms with van der Waals surface area (Å²) in [6.45, 7) is 19.3. The van der Waals surface area contributed by atoms with Gasteiger partial charge in [-0.3, -0.25) is 9.59 Å². The number of ether oxygens (including phenoxy) is 2. The van der Waals surface area contributed by atoms with Crippen molar-refractivity contribution in [3.05, 3.63) is 48.6 Å². The smallest absolute Gasteiger partial charge is 0.303 e. The Hall–Kier alpha value is -1.80. The van der Waals surface area contributed by atoms with Crippen LogP contribution >= 0.6 is 0 Å². The van der Waals surface area contributed by atoms with E-state index in [2.05, 4.69) is 65.1 Å². The third-order valence-corrected chi connectivity index (χ3v) is 12.0. The Balaban J connectivity index is 3.16. The highest BCUT2D eigenvalue weighted by Gasteiger charge is 2.41. The minimum absolute atomic E-state index is 0.0781. The van der Waals surface area contributed by atoms with Crippen molar-refractivity contribution in [2.75, 3.05) is 6.61 Å². The zero-order valence-corrected chi connectivity index (χ0v) is 26.9. The first kappa shape index (κ1) is 35.2. The van der Waals surface area contributed by atoms with Gasteiger partial charge in [0.05, 0.1) is 18.8 Å². The molecular weight excluding hydrogens is 508 g/mol. The standard InChI is InChI=1S/C32H54O6Si/c1-10-11-16-19-26(38-39(8,9)31(3,4)5)22-23-28(29-24-36-32(6,7)37-29)27(25(2)33)20-17-14-12-13-15-18-21-30(34)35/h11,13-17,22-23,26-29H,10,12,18-21,24H2,1-9H3,(H,34,35)/b15-13-,16-11-,17-14-,23-22+/t26?,27-,28+,29-/m1/s1. The molecule has 1 aliphatic rings. The molecule has 0 bridgehead atoms. The Morgan fingerprint density at radius 1 is 1.05 bits per heavy atom. The van der Waals surface area contributed by atoms with Crippen LogP contribution in [0.5, 0.6) is 0 Å². The molecule has 7 heteroatoms. The van der Waals surface area contributed by atoms with Gasteiger partial charge in [0.25, 0.3) is 0 Å². The molecule has 0 aliphatic carbocycles. The van der Waals surface area contributed by atoms with Crippen molar-refractivity contribution in [1.29, 1.82) is 0 Å². The predicted molar refractivity (Wildman–Crippen MR) is 162 cm³/mol. The van der Waals surface area contributed by atoms with Gasteiger partial charge in [0.1, 0.15) is 5.78 Å². The first-order valence-electron chi connectivity index (χ1n) is 14.4. The van der Waals surface area contributed by atoms with E-state index in [4.69, 9.17) is 19.0 Å². The van der Waals surface area contributed by atoms with E-state index in [1.165, 1.54) is 0 Å². The number of aliphatic carboxylic acids is 1. The second-order valence-electron chi connectivity index (χ2n) is 12.4. The topological polar surface area (TPSA) is 82.1 Å². The van der Waals surface area contributed by atoms with Crippen LogP contribution in [0, 0.1) is 11.8 Å². The maximum atomic E-state index is 12.9. The first-order chi connectivity index (χ1) is 18.1. The second-order valence-corrected chi connectivity index (χ2v) is 17.2. The molecular formula is C32H54O6Si. The fourth-order valence-corrected chi connectivity index (χ4v) is 5.51. The van der Waals surface area contributed by atoms with Crippen LogP contribution < -0.4 is 0 Å². The van der Waals surface area contributed by atoms with Gasteiger partial charge in [0, 0.05) is 18.3 Å². The number of carbonyl (C=O) groups is 2.